The van der Waals surface area contributed by atoms with Gasteiger partial charge in [-0.1, -0.05) is 19.1 Å². The number of nitriles is 1. The number of nitrogens with one attached hydrogen (secondary N) is 1. The number of likely N-dealkylation sites (tertiary alicyclic amines) is 1. The van der Waals surface area contributed by atoms with Gasteiger partial charge in [-0.3, -0.25) is 9.69 Å². The van der Waals surface area contributed by atoms with E-state index in [-0.39, 0.29) is 24.5 Å². The number of carbonyl (C=O) groups is 1. The molecular weight excluding hydrogens is 254 g/mol. The molecular formula is C15H19N3O2. The van der Waals surface area contributed by atoms with Gasteiger partial charge >= 0.3 is 0 Å². The van der Waals surface area contributed by atoms with Crippen molar-refractivity contribution in [2.24, 2.45) is 5.92 Å². The van der Waals surface area contributed by atoms with Crippen LogP contribution in [0.5, 0.6) is 0 Å². The Hall–Kier alpha value is -1.90. The molecule has 1 saturated heterocycles. The summed E-state index contributed by atoms with van der Waals surface area (Å²) in [6.07, 6.45) is 0.428. The summed E-state index contributed by atoms with van der Waals surface area (Å²) in [4.78, 5) is 14.0. The van der Waals surface area contributed by atoms with Gasteiger partial charge in [0, 0.05) is 13.1 Å². The van der Waals surface area contributed by atoms with E-state index in [2.05, 4.69) is 11.4 Å². The summed E-state index contributed by atoms with van der Waals surface area (Å²) < 4.78 is 0. The van der Waals surface area contributed by atoms with Gasteiger partial charge in [0.2, 0.25) is 5.91 Å². The van der Waals surface area contributed by atoms with Gasteiger partial charge in [0.15, 0.2) is 0 Å². The van der Waals surface area contributed by atoms with E-state index in [4.69, 9.17) is 5.26 Å². The summed E-state index contributed by atoms with van der Waals surface area (Å²) in [6, 6.07) is 9.01. The van der Waals surface area contributed by atoms with Crippen LogP contribution in [0.1, 0.15) is 18.9 Å². The molecule has 2 atom stereocenters. The monoisotopic (exact) mass is 273 g/mol. The molecule has 1 fully saturated rings. The molecule has 1 aromatic rings. The van der Waals surface area contributed by atoms with E-state index in [9.17, 15) is 9.90 Å². The zero-order valence-corrected chi connectivity index (χ0v) is 11.5. The van der Waals surface area contributed by atoms with Gasteiger partial charge in [-0.25, -0.2) is 0 Å². The molecule has 1 aromatic carbocycles. The number of carbonyl (C=O) groups excluding carboxylic acids is 1. The van der Waals surface area contributed by atoms with Crippen LogP contribution in [0.3, 0.4) is 0 Å². The topological polar surface area (TPSA) is 76.4 Å². The third-order valence-electron chi connectivity index (χ3n) is 3.63. The number of amides is 1. The minimum atomic E-state index is -0.270. The van der Waals surface area contributed by atoms with Crippen molar-refractivity contribution in [1.29, 1.82) is 5.26 Å². The first-order valence-corrected chi connectivity index (χ1v) is 6.79. The highest BCUT2D eigenvalue weighted by molar-refractivity contribution is 5.93. The maximum absolute atomic E-state index is 12.0. The van der Waals surface area contributed by atoms with Crippen LogP contribution in [0, 0.1) is 17.2 Å². The second-order valence-electron chi connectivity index (χ2n) is 5.27. The molecule has 0 aliphatic carbocycles. The second kappa shape index (κ2) is 6.51. The summed E-state index contributed by atoms with van der Waals surface area (Å²) in [5.74, 6) is 0.0548. The molecule has 0 bridgehead atoms. The summed E-state index contributed by atoms with van der Waals surface area (Å²) in [5, 5.41) is 21.4. The molecule has 1 aliphatic rings. The highest BCUT2D eigenvalue weighted by Gasteiger charge is 2.25. The van der Waals surface area contributed by atoms with Gasteiger partial charge in [-0.15, -0.1) is 0 Å². The van der Waals surface area contributed by atoms with Crippen LogP contribution < -0.4 is 5.32 Å². The molecule has 1 amide bonds. The van der Waals surface area contributed by atoms with E-state index in [1.165, 1.54) is 0 Å². The van der Waals surface area contributed by atoms with Crippen molar-refractivity contribution >= 4 is 11.6 Å². The minimum Gasteiger partial charge on any atom is -0.393 e. The van der Waals surface area contributed by atoms with Crippen molar-refractivity contribution in [3.63, 3.8) is 0 Å². The van der Waals surface area contributed by atoms with Crippen LogP contribution in [0.25, 0.3) is 0 Å². The molecule has 106 valence electrons. The number of benzene rings is 1. The molecule has 0 radical (unpaired) electrons. The average Bonchev–Trinajstić information content (AvgIpc) is 2.43. The van der Waals surface area contributed by atoms with E-state index < -0.39 is 0 Å². The third-order valence-corrected chi connectivity index (χ3v) is 3.63. The number of aliphatic hydroxyl groups is 1. The summed E-state index contributed by atoms with van der Waals surface area (Å²) in [6.45, 7) is 3.71. The fourth-order valence-corrected chi connectivity index (χ4v) is 2.45. The Balaban J connectivity index is 1.91. The van der Waals surface area contributed by atoms with Gasteiger partial charge in [0.25, 0.3) is 0 Å². The summed E-state index contributed by atoms with van der Waals surface area (Å²) in [7, 11) is 0. The molecule has 2 rings (SSSR count). The maximum atomic E-state index is 12.0. The van der Waals surface area contributed by atoms with Crippen LogP contribution in [0.2, 0.25) is 0 Å². The smallest absolute Gasteiger partial charge is 0.238 e. The highest BCUT2D eigenvalue weighted by atomic mass is 16.3. The lowest BCUT2D eigenvalue weighted by Crippen LogP contribution is -2.45. The maximum Gasteiger partial charge on any atom is 0.238 e. The lowest BCUT2D eigenvalue weighted by atomic mass is 9.97. The van der Waals surface area contributed by atoms with Gasteiger partial charge in [-0.2, -0.15) is 5.26 Å². The Morgan fingerprint density at radius 3 is 3.00 bits per heavy atom. The number of rotatable bonds is 3. The second-order valence-corrected chi connectivity index (χ2v) is 5.27. The van der Waals surface area contributed by atoms with Crippen molar-refractivity contribution in [1.82, 2.24) is 4.90 Å². The van der Waals surface area contributed by atoms with Crippen LogP contribution in [-0.4, -0.2) is 41.7 Å². The van der Waals surface area contributed by atoms with Gasteiger partial charge in [0.1, 0.15) is 6.07 Å². The van der Waals surface area contributed by atoms with E-state index in [0.29, 0.717) is 24.2 Å². The molecule has 1 aliphatic heterocycles. The third kappa shape index (κ3) is 3.56. The highest BCUT2D eigenvalue weighted by Crippen LogP contribution is 2.17. The molecule has 0 saturated carbocycles. The molecule has 5 nitrogen and oxygen atoms in total. The Labute approximate surface area is 118 Å². The van der Waals surface area contributed by atoms with Crippen molar-refractivity contribution in [3.8, 4) is 6.07 Å². The van der Waals surface area contributed by atoms with E-state index in [1.807, 2.05) is 11.8 Å². The van der Waals surface area contributed by atoms with Crippen molar-refractivity contribution in [2.75, 3.05) is 25.0 Å². The van der Waals surface area contributed by atoms with E-state index >= 15 is 0 Å². The van der Waals surface area contributed by atoms with E-state index in [0.717, 1.165) is 6.54 Å². The quantitative estimate of drug-likeness (QED) is 0.867. The normalized spacial score (nSPS) is 23.1. The number of aliphatic hydroxyl groups excluding tert-OH is 1. The zero-order valence-electron chi connectivity index (χ0n) is 11.5. The van der Waals surface area contributed by atoms with Gasteiger partial charge in [-0.05, 0) is 24.5 Å². The zero-order chi connectivity index (χ0) is 14.5. The number of nitrogens with zero attached hydrogens (tertiary/aromatic N) is 2. The van der Waals surface area contributed by atoms with Crippen molar-refractivity contribution < 1.29 is 9.90 Å². The number of hydrogen-bond acceptors (Lipinski definition) is 4. The van der Waals surface area contributed by atoms with Crippen LogP contribution in [0.4, 0.5) is 5.69 Å². The lowest BCUT2D eigenvalue weighted by Gasteiger charge is -2.33. The lowest BCUT2D eigenvalue weighted by molar-refractivity contribution is -0.118. The molecule has 2 unspecified atom stereocenters. The largest absolute Gasteiger partial charge is 0.393 e. The first-order valence-electron chi connectivity index (χ1n) is 6.79. The summed E-state index contributed by atoms with van der Waals surface area (Å²) in [5.41, 5.74) is 1.01. The number of para-hydroxylation sites is 1. The Morgan fingerprint density at radius 1 is 1.55 bits per heavy atom. The Morgan fingerprint density at radius 2 is 2.30 bits per heavy atom. The molecule has 2 N–H and O–H groups in total. The van der Waals surface area contributed by atoms with Crippen LogP contribution >= 0.6 is 0 Å². The number of piperidine rings is 1. The first kappa shape index (κ1) is 14.5. The minimum absolute atomic E-state index is 0.128. The Bertz CT molecular complexity index is 524. The predicted octanol–water partition coefficient (Wildman–Crippen LogP) is 1.20. The molecule has 0 spiro atoms. The van der Waals surface area contributed by atoms with Crippen molar-refractivity contribution in [2.45, 2.75) is 19.4 Å². The fourth-order valence-electron chi connectivity index (χ4n) is 2.45. The standard InChI is InChI=1S/C15H19N3O2/c1-11-9-18(7-6-14(11)19)10-15(20)17-13-5-3-2-4-12(13)8-16/h2-5,11,14,19H,6-7,9-10H2,1H3,(H,17,20). The predicted molar refractivity (Wildman–Crippen MR) is 76.0 cm³/mol. The molecule has 5 heteroatoms. The Kier molecular flexibility index (Phi) is 4.72. The van der Waals surface area contributed by atoms with Crippen LogP contribution in [-0.2, 0) is 4.79 Å². The van der Waals surface area contributed by atoms with Gasteiger partial charge in [0.05, 0.1) is 23.9 Å². The SMILES string of the molecule is CC1CN(CC(=O)Nc2ccccc2C#N)CCC1O. The fraction of sp³-hybridized carbons (Fsp3) is 0.467. The number of anilines is 1. The molecule has 1 heterocycles. The van der Waals surface area contributed by atoms with E-state index in [1.54, 1.807) is 24.3 Å². The van der Waals surface area contributed by atoms with Crippen molar-refractivity contribution in [3.05, 3.63) is 29.8 Å². The first-order chi connectivity index (χ1) is 9.60. The summed E-state index contributed by atoms with van der Waals surface area (Å²) >= 11 is 0. The van der Waals surface area contributed by atoms with Crippen LogP contribution in [0.15, 0.2) is 24.3 Å². The average molecular weight is 273 g/mol. The molecule has 20 heavy (non-hydrogen) atoms. The number of hydrogen-bond donors (Lipinski definition) is 2. The molecule has 0 aromatic heterocycles. The van der Waals surface area contributed by atoms with Gasteiger partial charge < -0.3 is 10.4 Å².